The topological polar surface area (TPSA) is 9.23 Å². The molecular formula is C13H12Cl2OS. The van der Waals surface area contributed by atoms with E-state index in [2.05, 4.69) is 13.0 Å². The van der Waals surface area contributed by atoms with Crippen molar-refractivity contribution < 1.29 is 4.74 Å². The standard InChI is InChI=1S/C13H12Cl2OS/c1-8-5-6-17-13(8)12(15)9-3-4-11(16-2)10(14)7-9/h3-7,12H,1-2H3. The Morgan fingerprint density at radius 2 is 2.06 bits per heavy atom. The van der Waals surface area contributed by atoms with Gasteiger partial charge in [0.25, 0.3) is 0 Å². The second-order valence-electron chi connectivity index (χ2n) is 3.72. The zero-order valence-corrected chi connectivity index (χ0v) is 11.9. The van der Waals surface area contributed by atoms with Crippen LogP contribution in [0.25, 0.3) is 0 Å². The lowest BCUT2D eigenvalue weighted by Crippen LogP contribution is -1.93. The summed E-state index contributed by atoms with van der Waals surface area (Å²) in [5, 5.41) is 2.48. The van der Waals surface area contributed by atoms with E-state index >= 15 is 0 Å². The fraction of sp³-hybridized carbons (Fsp3) is 0.231. The fourth-order valence-electron chi connectivity index (χ4n) is 1.64. The Morgan fingerprint density at radius 1 is 1.29 bits per heavy atom. The Morgan fingerprint density at radius 3 is 2.59 bits per heavy atom. The first-order chi connectivity index (χ1) is 8.13. The highest BCUT2D eigenvalue weighted by atomic mass is 35.5. The van der Waals surface area contributed by atoms with Crippen molar-refractivity contribution in [1.82, 2.24) is 0 Å². The van der Waals surface area contributed by atoms with Crippen LogP contribution in [0.1, 0.15) is 21.4 Å². The van der Waals surface area contributed by atoms with Crippen molar-refractivity contribution in [3.63, 3.8) is 0 Å². The quantitative estimate of drug-likeness (QED) is 0.718. The van der Waals surface area contributed by atoms with Crippen molar-refractivity contribution in [1.29, 1.82) is 0 Å². The lowest BCUT2D eigenvalue weighted by Gasteiger charge is -2.11. The SMILES string of the molecule is COc1ccc(C(Cl)c2sccc2C)cc1Cl. The van der Waals surface area contributed by atoms with Gasteiger partial charge in [-0.1, -0.05) is 17.7 Å². The van der Waals surface area contributed by atoms with Gasteiger partial charge in [0.1, 0.15) is 5.75 Å². The third-order valence-corrected chi connectivity index (χ3v) is 4.58. The molecule has 2 aromatic rings. The molecule has 2 rings (SSSR count). The van der Waals surface area contributed by atoms with E-state index < -0.39 is 0 Å². The Kier molecular flexibility index (Phi) is 3.97. The van der Waals surface area contributed by atoms with Crippen LogP contribution in [0.4, 0.5) is 0 Å². The number of rotatable bonds is 3. The van der Waals surface area contributed by atoms with Gasteiger partial charge in [0.2, 0.25) is 0 Å². The average molecular weight is 287 g/mol. The Labute approximate surface area is 115 Å². The second-order valence-corrected chi connectivity index (χ2v) is 5.52. The van der Waals surface area contributed by atoms with Crippen LogP contribution < -0.4 is 4.74 Å². The highest BCUT2D eigenvalue weighted by molar-refractivity contribution is 7.10. The van der Waals surface area contributed by atoms with Crippen molar-refractivity contribution in [2.75, 3.05) is 7.11 Å². The molecule has 0 aliphatic rings. The molecule has 17 heavy (non-hydrogen) atoms. The Balaban J connectivity index is 2.35. The summed E-state index contributed by atoms with van der Waals surface area (Å²) in [6, 6.07) is 7.72. The number of aryl methyl sites for hydroxylation is 1. The minimum absolute atomic E-state index is 0.154. The number of alkyl halides is 1. The maximum Gasteiger partial charge on any atom is 0.137 e. The van der Waals surface area contributed by atoms with Gasteiger partial charge in [0.05, 0.1) is 17.5 Å². The van der Waals surface area contributed by atoms with E-state index in [0.29, 0.717) is 10.8 Å². The van der Waals surface area contributed by atoms with E-state index in [1.165, 1.54) is 5.56 Å². The van der Waals surface area contributed by atoms with Crippen molar-refractivity contribution in [3.8, 4) is 5.75 Å². The molecule has 0 radical (unpaired) electrons. The molecule has 1 unspecified atom stereocenters. The largest absolute Gasteiger partial charge is 0.495 e. The number of halogens is 2. The number of thiophene rings is 1. The molecule has 0 amide bonds. The van der Waals surface area contributed by atoms with E-state index in [0.717, 1.165) is 10.4 Å². The van der Waals surface area contributed by atoms with Crippen LogP contribution in [0.15, 0.2) is 29.6 Å². The van der Waals surface area contributed by atoms with Gasteiger partial charge < -0.3 is 4.74 Å². The summed E-state index contributed by atoms with van der Waals surface area (Å²) in [6.45, 7) is 2.06. The fourth-order valence-corrected chi connectivity index (χ4v) is 3.29. The van der Waals surface area contributed by atoms with Crippen LogP contribution in [-0.2, 0) is 0 Å². The summed E-state index contributed by atoms with van der Waals surface area (Å²) in [6.07, 6.45) is 0. The number of hydrogen-bond donors (Lipinski definition) is 0. The Hall–Kier alpha value is -0.700. The summed E-state index contributed by atoms with van der Waals surface area (Å²) in [4.78, 5) is 1.16. The van der Waals surface area contributed by atoms with Crippen LogP contribution in [0.3, 0.4) is 0 Å². The van der Waals surface area contributed by atoms with Crippen LogP contribution in [0.5, 0.6) is 5.75 Å². The lowest BCUT2D eigenvalue weighted by atomic mass is 10.1. The smallest absolute Gasteiger partial charge is 0.137 e. The van der Waals surface area contributed by atoms with Gasteiger partial charge in [-0.15, -0.1) is 22.9 Å². The first kappa shape index (κ1) is 12.7. The van der Waals surface area contributed by atoms with Gasteiger partial charge in [-0.25, -0.2) is 0 Å². The summed E-state index contributed by atoms with van der Waals surface area (Å²) in [7, 11) is 1.60. The van der Waals surface area contributed by atoms with Crippen molar-refractivity contribution in [2.24, 2.45) is 0 Å². The highest BCUT2D eigenvalue weighted by Crippen LogP contribution is 2.37. The van der Waals surface area contributed by atoms with Crippen LogP contribution in [-0.4, -0.2) is 7.11 Å². The number of ether oxygens (including phenoxy) is 1. The third-order valence-electron chi connectivity index (χ3n) is 2.60. The van der Waals surface area contributed by atoms with E-state index in [9.17, 15) is 0 Å². The molecule has 0 fully saturated rings. The zero-order valence-electron chi connectivity index (χ0n) is 9.54. The molecule has 0 bridgehead atoms. The molecule has 4 heteroatoms. The molecule has 1 aromatic heterocycles. The van der Waals surface area contributed by atoms with Gasteiger partial charge in [0.15, 0.2) is 0 Å². The molecule has 0 saturated heterocycles. The van der Waals surface area contributed by atoms with Gasteiger partial charge >= 0.3 is 0 Å². The van der Waals surface area contributed by atoms with Crippen molar-refractivity contribution in [3.05, 3.63) is 50.7 Å². The predicted octanol–water partition coefficient (Wildman–Crippen LogP) is 5.05. The number of hydrogen-bond acceptors (Lipinski definition) is 2. The molecule has 0 N–H and O–H groups in total. The second kappa shape index (κ2) is 5.30. The summed E-state index contributed by atoms with van der Waals surface area (Å²) in [5.74, 6) is 0.669. The summed E-state index contributed by atoms with van der Waals surface area (Å²) < 4.78 is 5.12. The summed E-state index contributed by atoms with van der Waals surface area (Å²) >= 11 is 14.2. The maximum atomic E-state index is 6.46. The Bertz CT molecular complexity index is 522. The molecule has 0 saturated carbocycles. The van der Waals surface area contributed by atoms with E-state index in [4.69, 9.17) is 27.9 Å². The van der Waals surface area contributed by atoms with Crippen molar-refractivity contribution in [2.45, 2.75) is 12.3 Å². The highest BCUT2D eigenvalue weighted by Gasteiger charge is 2.15. The molecule has 1 aromatic carbocycles. The number of benzene rings is 1. The van der Waals surface area contributed by atoms with E-state index in [1.54, 1.807) is 18.4 Å². The van der Waals surface area contributed by atoms with Gasteiger partial charge in [-0.05, 0) is 41.6 Å². The molecule has 0 aliphatic heterocycles. The molecule has 90 valence electrons. The van der Waals surface area contributed by atoms with Crippen LogP contribution >= 0.6 is 34.5 Å². The number of methoxy groups -OCH3 is 1. The minimum atomic E-state index is -0.154. The average Bonchev–Trinajstić information content (AvgIpc) is 2.74. The van der Waals surface area contributed by atoms with Crippen molar-refractivity contribution >= 4 is 34.5 Å². The minimum Gasteiger partial charge on any atom is -0.495 e. The molecule has 0 aliphatic carbocycles. The predicted molar refractivity (Wildman–Crippen MR) is 74.8 cm³/mol. The molecular weight excluding hydrogens is 275 g/mol. The molecule has 1 nitrogen and oxygen atoms in total. The van der Waals surface area contributed by atoms with E-state index in [1.807, 2.05) is 23.6 Å². The third kappa shape index (κ3) is 2.59. The molecule has 1 heterocycles. The van der Waals surface area contributed by atoms with Crippen LogP contribution in [0.2, 0.25) is 5.02 Å². The first-order valence-electron chi connectivity index (χ1n) is 5.15. The van der Waals surface area contributed by atoms with Gasteiger partial charge in [-0.3, -0.25) is 0 Å². The monoisotopic (exact) mass is 286 g/mol. The maximum absolute atomic E-state index is 6.46. The van der Waals surface area contributed by atoms with Crippen LogP contribution in [0, 0.1) is 6.92 Å². The zero-order chi connectivity index (χ0) is 12.4. The lowest BCUT2D eigenvalue weighted by molar-refractivity contribution is 0.415. The van der Waals surface area contributed by atoms with Gasteiger partial charge in [0, 0.05) is 4.88 Å². The molecule has 0 spiro atoms. The molecule has 1 atom stereocenters. The first-order valence-corrected chi connectivity index (χ1v) is 6.84. The normalized spacial score (nSPS) is 12.5. The van der Waals surface area contributed by atoms with Gasteiger partial charge in [-0.2, -0.15) is 0 Å². The summed E-state index contributed by atoms with van der Waals surface area (Å²) in [5.41, 5.74) is 2.20. The van der Waals surface area contributed by atoms with E-state index in [-0.39, 0.29) is 5.38 Å².